The molecule has 0 aliphatic carbocycles. The lowest BCUT2D eigenvalue weighted by atomic mass is 10.1. The highest BCUT2D eigenvalue weighted by molar-refractivity contribution is 6.06. The van der Waals surface area contributed by atoms with Crippen LogP contribution in [0.4, 0.5) is 0 Å². The van der Waals surface area contributed by atoms with E-state index in [0.717, 1.165) is 6.21 Å². The number of aromatic nitrogens is 3. The molecule has 1 amide bonds. The molecule has 1 aromatic carbocycles. The van der Waals surface area contributed by atoms with Crippen molar-refractivity contribution in [3.63, 3.8) is 0 Å². The maximum absolute atomic E-state index is 12.2. The van der Waals surface area contributed by atoms with E-state index in [1.807, 2.05) is 9.97 Å². The van der Waals surface area contributed by atoms with Gasteiger partial charge in [-0.05, 0) is 12.1 Å². The molecule has 3 aromatic rings. The fourth-order valence-electron chi connectivity index (χ4n) is 2.11. The van der Waals surface area contributed by atoms with Gasteiger partial charge in [0.25, 0.3) is 11.5 Å². The molecule has 0 fully saturated rings. The van der Waals surface area contributed by atoms with Crippen LogP contribution in [-0.4, -0.2) is 32.2 Å². The first kappa shape index (κ1) is 15.2. The Kier molecular flexibility index (Phi) is 3.89. The number of carbonyl (C=O) groups excluding carboxylic acids is 1. The summed E-state index contributed by atoms with van der Waals surface area (Å²) in [6, 6.07) is 8.65. The van der Waals surface area contributed by atoms with Crippen LogP contribution in [0, 0.1) is 0 Å². The highest BCUT2D eigenvalue weighted by atomic mass is 16.3. The molecule has 24 heavy (non-hydrogen) atoms. The molecule has 9 nitrogen and oxygen atoms in total. The number of nitrogens with one attached hydrogen (secondary N) is 3. The Morgan fingerprint density at radius 2 is 2.00 bits per heavy atom. The number of H-pyrrole nitrogens is 2. The van der Waals surface area contributed by atoms with E-state index in [-0.39, 0.29) is 5.56 Å². The zero-order valence-electron chi connectivity index (χ0n) is 12.1. The van der Waals surface area contributed by atoms with E-state index >= 15 is 0 Å². The van der Waals surface area contributed by atoms with Gasteiger partial charge in [-0.25, -0.2) is 10.2 Å². The lowest BCUT2D eigenvalue weighted by Gasteiger charge is -2.04. The van der Waals surface area contributed by atoms with E-state index in [1.165, 1.54) is 12.3 Å². The van der Waals surface area contributed by atoms with Crippen LogP contribution < -0.4 is 16.7 Å². The molecule has 3 rings (SSSR count). The van der Waals surface area contributed by atoms with Gasteiger partial charge in [0.15, 0.2) is 0 Å². The van der Waals surface area contributed by atoms with Crippen molar-refractivity contribution in [1.82, 2.24) is 20.4 Å². The topological polar surface area (TPSA) is 140 Å². The summed E-state index contributed by atoms with van der Waals surface area (Å²) < 4.78 is 0. The second-order valence-corrected chi connectivity index (χ2v) is 4.75. The third kappa shape index (κ3) is 2.90. The molecule has 0 bridgehead atoms. The first-order chi connectivity index (χ1) is 11.6. The summed E-state index contributed by atoms with van der Waals surface area (Å²) in [4.78, 5) is 42.8. The Hall–Kier alpha value is -3.75. The van der Waals surface area contributed by atoms with E-state index < -0.39 is 23.0 Å². The maximum Gasteiger partial charge on any atom is 0.328 e. The second kappa shape index (κ2) is 6.16. The summed E-state index contributed by atoms with van der Waals surface area (Å²) in [5.74, 6) is -1.15. The number of para-hydroxylation sites is 1. The van der Waals surface area contributed by atoms with Crippen molar-refractivity contribution >= 4 is 23.0 Å². The molecule has 0 radical (unpaired) electrons. The normalized spacial score (nSPS) is 11.0. The van der Waals surface area contributed by atoms with Crippen molar-refractivity contribution in [2.75, 3.05) is 0 Å². The van der Waals surface area contributed by atoms with Crippen molar-refractivity contribution in [3.8, 4) is 5.88 Å². The van der Waals surface area contributed by atoms with Gasteiger partial charge in [-0.2, -0.15) is 5.10 Å². The molecule has 2 aromatic heterocycles. The Balaban J connectivity index is 1.86. The number of carbonyl (C=O) groups is 1. The quantitative estimate of drug-likeness (QED) is 0.399. The van der Waals surface area contributed by atoms with Gasteiger partial charge in [0.1, 0.15) is 5.56 Å². The molecule has 0 spiro atoms. The van der Waals surface area contributed by atoms with Crippen molar-refractivity contribution in [2.45, 2.75) is 0 Å². The smallest absolute Gasteiger partial charge is 0.328 e. The van der Waals surface area contributed by atoms with Gasteiger partial charge in [-0.3, -0.25) is 24.5 Å². The third-order valence-electron chi connectivity index (χ3n) is 3.21. The highest BCUT2D eigenvalue weighted by Gasteiger charge is 2.10. The first-order valence-corrected chi connectivity index (χ1v) is 6.79. The number of amides is 1. The fourth-order valence-corrected chi connectivity index (χ4v) is 2.11. The number of hydrogen-bond acceptors (Lipinski definition) is 6. The monoisotopic (exact) mass is 325 g/mol. The molecular formula is C15H11N5O4. The van der Waals surface area contributed by atoms with Gasteiger partial charge in [-0.15, -0.1) is 0 Å². The van der Waals surface area contributed by atoms with Crippen LogP contribution in [0.2, 0.25) is 0 Å². The minimum atomic E-state index is -0.845. The van der Waals surface area contributed by atoms with Gasteiger partial charge in [0.05, 0.1) is 17.3 Å². The fraction of sp³-hybridized carbons (Fsp3) is 0. The van der Waals surface area contributed by atoms with E-state index in [2.05, 4.69) is 15.5 Å². The first-order valence-electron chi connectivity index (χ1n) is 6.79. The number of fused-ring (bicyclic) bond motifs is 1. The molecule has 4 N–H and O–H groups in total. The molecule has 120 valence electrons. The molecule has 0 atom stereocenters. The van der Waals surface area contributed by atoms with Crippen molar-refractivity contribution in [1.29, 1.82) is 0 Å². The summed E-state index contributed by atoms with van der Waals surface area (Å²) >= 11 is 0. The third-order valence-corrected chi connectivity index (χ3v) is 3.21. The van der Waals surface area contributed by atoms with Crippen molar-refractivity contribution in [2.24, 2.45) is 5.10 Å². The zero-order chi connectivity index (χ0) is 17.1. The number of aromatic hydroxyl groups is 1. The number of rotatable bonds is 3. The lowest BCUT2D eigenvalue weighted by Crippen LogP contribution is -2.25. The summed E-state index contributed by atoms with van der Waals surface area (Å²) in [6.45, 7) is 0. The summed E-state index contributed by atoms with van der Waals surface area (Å²) in [6.07, 6.45) is 2.44. The molecule has 9 heteroatoms. The molecule has 0 saturated heterocycles. The number of aromatic amines is 2. The molecule has 0 saturated carbocycles. The van der Waals surface area contributed by atoms with E-state index in [1.54, 1.807) is 24.3 Å². The van der Waals surface area contributed by atoms with Crippen LogP contribution in [-0.2, 0) is 0 Å². The van der Waals surface area contributed by atoms with Gasteiger partial charge in [0.2, 0.25) is 5.88 Å². The van der Waals surface area contributed by atoms with Gasteiger partial charge in [-0.1, -0.05) is 18.2 Å². The average molecular weight is 325 g/mol. The SMILES string of the molecule is O=C(N/N=C/c1c(O)[nH]c(=O)[nH]c1=O)c1ccnc2ccccc12. The molecule has 0 aliphatic heterocycles. The van der Waals surface area contributed by atoms with Crippen LogP contribution in [0.15, 0.2) is 51.2 Å². The number of benzene rings is 1. The van der Waals surface area contributed by atoms with Crippen LogP contribution in [0.1, 0.15) is 15.9 Å². The lowest BCUT2D eigenvalue weighted by molar-refractivity contribution is 0.0956. The number of hydrogen-bond donors (Lipinski definition) is 4. The van der Waals surface area contributed by atoms with Gasteiger partial charge in [0, 0.05) is 11.6 Å². The summed E-state index contributed by atoms with van der Waals surface area (Å²) in [7, 11) is 0. The Morgan fingerprint density at radius 1 is 1.21 bits per heavy atom. The van der Waals surface area contributed by atoms with Crippen LogP contribution in [0.3, 0.4) is 0 Å². The Morgan fingerprint density at radius 3 is 2.79 bits per heavy atom. The highest BCUT2D eigenvalue weighted by Crippen LogP contribution is 2.15. The van der Waals surface area contributed by atoms with Gasteiger partial charge >= 0.3 is 5.69 Å². The predicted octanol–water partition coefficient (Wildman–Crippen LogP) is 0.0809. The largest absolute Gasteiger partial charge is 0.494 e. The zero-order valence-corrected chi connectivity index (χ0v) is 12.1. The number of nitrogens with zero attached hydrogens (tertiary/aromatic N) is 2. The minimum Gasteiger partial charge on any atom is -0.494 e. The average Bonchev–Trinajstić information content (AvgIpc) is 2.56. The standard InChI is InChI=1S/C15H11N5O4/c21-12-10(13(22)19-15(24)18-12)7-17-20-14(23)9-5-6-16-11-4-2-1-3-8(9)11/h1-7H,(H,20,23)(H3,18,19,21,22,24)/b17-7+. The second-order valence-electron chi connectivity index (χ2n) is 4.75. The summed E-state index contributed by atoms with van der Waals surface area (Å²) in [5, 5.41) is 13.8. The van der Waals surface area contributed by atoms with Crippen LogP contribution in [0.5, 0.6) is 5.88 Å². The Bertz CT molecular complexity index is 1060. The van der Waals surface area contributed by atoms with E-state index in [9.17, 15) is 19.5 Å². The van der Waals surface area contributed by atoms with E-state index in [4.69, 9.17) is 0 Å². The molecule has 0 unspecified atom stereocenters. The van der Waals surface area contributed by atoms with Crippen molar-refractivity contribution in [3.05, 3.63) is 68.5 Å². The predicted molar refractivity (Wildman–Crippen MR) is 86.2 cm³/mol. The molecule has 0 aliphatic rings. The molecular weight excluding hydrogens is 314 g/mol. The van der Waals surface area contributed by atoms with E-state index in [0.29, 0.717) is 16.5 Å². The molecule has 2 heterocycles. The summed E-state index contributed by atoms with van der Waals surface area (Å²) in [5.41, 5.74) is 1.31. The number of hydrazone groups is 1. The maximum atomic E-state index is 12.2. The minimum absolute atomic E-state index is 0.283. The number of pyridine rings is 1. The Labute approximate surface area is 133 Å². The van der Waals surface area contributed by atoms with Gasteiger partial charge < -0.3 is 5.11 Å². The van der Waals surface area contributed by atoms with Crippen molar-refractivity contribution < 1.29 is 9.90 Å². The van der Waals surface area contributed by atoms with Crippen LogP contribution in [0.25, 0.3) is 10.9 Å². The van der Waals surface area contributed by atoms with Crippen LogP contribution >= 0.6 is 0 Å².